The van der Waals surface area contributed by atoms with Gasteiger partial charge in [0.2, 0.25) is 0 Å². The summed E-state index contributed by atoms with van der Waals surface area (Å²) < 4.78 is 41.7. The van der Waals surface area contributed by atoms with E-state index < -0.39 is 22.9 Å². The number of imide groups is 1. The second-order valence-corrected chi connectivity index (χ2v) is 7.86. The highest BCUT2D eigenvalue weighted by molar-refractivity contribution is 8.18. The Labute approximate surface area is 172 Å². The summed E-state index contributed by atoms with van der Waals surface area (Å²) >= 11 is 6.57. The quantitative estimate of drug-likeness (QED) is 0.537. The van der Waals surface area contributed by atoms with E-state index >= 15 is 0 Å². The SMILES string of the molecule is O=C1NC(=O)/C(=C/c2ccc3c(ccn3Cc3ccc(Cl)cc3C(F)(F)F)c2)S1. The van der Waals surface area contributed by atoms with E-state index in [4.69, 9.17) is 11.6 Å². The van der Waals surface area contributed by atoms with E-state index in [1.165, 1.54) is 12.1 Å². The molecule has 2 amide bonds. The van der Waals surface area contributed by atoms with Crippen LogP contribution in [-0.2, 0) is 17.5 Å². The van der Waals surface area contributed by atoms with Crippen LogP contribution in [0, 0.1) is 0 Å². The van der Waals surface area contributed by atoms with E-state index in [2.05, 4.69) is 5.32 Å². The fourth-order valence-electron chi connectivity index (χ4n) is 3.15. The Balaban J connectivity index is 1.67. The van der Waals surface area contributed by atoms with Gasteiger partial charge in [-0.2, -0.15) is 13.2 Å². The molecule has 1 fully saturated rings. The van der Waals surface area contributed by atoms with Crippen molar-refractivity contribution in [3.05, 3.63) is 75.3 Å². The summed E-state index contributed by atoms with van der Waals surface area (Å²) in [5.41, 5.74) is 0.810. The summed E-state index contributed by atoms with van der Waals surface area (Å²) in [6.45, 7) is 0.0305. The van der Waals surface area contributed by atoms with Gasteiger partial charge in [0, 0.05) is 28.7 Å². The predicted octanol–water partition coefficient (Wildman–Crippen LogP) is 5.69. The van der Waals surface area contributed by atoms with Gasteiger partial charge >= 0.3 is 6.18 Å². The lowest BCUT2D eigenvalue weighted by atomic mass is 10.1. The molecule has 0 aliphatic carbocycles. The molecule has 2 heterocycles. The fourth-order valence-corrected chi connectivity index (χ4v) is 4.01. The molecule has 0 unspecified atom stereocenters. The van der Waals surface area contributed by atoms with Gasteiger partial charge in [-0.1, -0.05) is 23.7 Å². The van der Waals surface area contributed by atoms with Crippen molar-refractivity contribution in [2.75, 3.05) is 0 Å². The van der Waals surface area contributed by atoms with Gasteiger partial charge in [0.25, 0.3) is 11.1 Å². The first-order chi connectivity index (χ1) is 13.7. The first-order valence-corrected chi connectivity index (χ1v) is 9.59. The largest absolute Gasteiger partial charge is 0.416 e. The third-order valence-corrected chi connectivity index (χ3v) is 5.50. The zero-order valence-electron chi connectivity index (χ0n) is 14.6. The number of alkyl halides is 3. The molecular weight excluding hydrogens is 425 g/mol. The fraction of sp³-hybridized carbons (Fsp3) is 0.100. The van der Waals surface area contributed by atoms with Crippen molar-refractivity contribution in [2.24, 2.45) is 0 Å². The molecule has 3 aromatic rings. The normalized spacial score (nSPS) is 16.1. The van der Waals surface area contributed by atoms with Gasteiger partial charge in [-0.3, -0.25) is 14.9 Å². The number of halogens is 4. The van der Waals surface area contributed by atoms with Crippen LogP contribution in [0.3, 0.4) is 0 Å². The first kappa shape index (κ1) is 19.6. The Morgan fingerprint density at radius 3 is 2.59 bits per heavy atom. The van der Waals surface area contributed by atoms with Crippen LogP contribution in [0.25, 0.3) is 17.0 Å². The Morgan fingerprint density at radius 2 is 1.90 bits per heavy atom. The highest BCUT2D eigenvalue weighted by Gasteiger charge is 2.33. The highest BCUT2D eigenvalue weighted by Crippen LogP contribution is 2.35. The number of rotatable bonds is 3. The number of nitrogens with one attached hydrogen (secondary N) is 1. The molecule has 29 heavy (non-hydrogen) atoms. The second-order valence-electron chi connectivity index (χ2n) is 6.41. The van der Waals surface area contributed by atoms with Crippen LogP contribution in [0.15, 0.2) is 53.6 Å². The summed E-state index contributed by atoms with van der Waals surface area (Å²) in [5.74, 6) is -0.444. The Bertz CT molecular complexity index is 1180. The molecule has 4 nitrogen and oxygen atoms in total. The molecule has 4 rings (SSSR count). The minimum Gasteiger partial charge on any atom is -0.343 e. The van der Waals surface area contributed by atoms with Crippen molar-refractivity contribution < 1.29 is 22.8 Å². The molecule has 1 aliphatic rings. The van der Waals surface area contributed by atoms with Gasteiger partial charge in [0.15, 0.2) is 0 Å². The third-order valence-electron chi connectivity index (χ3n) is 4.45. The Hall–Kier alpha value is -2.71. The van der Waals surface area contributed by atoms with Gasteiger partial charge in [0.05, 0.1) is 10.5 Å². The van der Waals surface area contributed by atoms with E-state index in [0.29, 0.717) is 10.5 Å². The Morgan fingerprint density at radius 1 is 1.10 bits per heavy atom. The summed E-state index contributed by atoms with van der Waals surface area (Å²) in [7, 11) is 0. The lowest BCUT2D eigenvalue weighted by Gasteiger charge is -2.14. The van der Waals surface area contributed by atoms with Crippen LogP contribution in [0.5, 0.6) is 0 Å². The van der Waals surface area contributed by atoms with E-state index in [-0.39, 0.29) is 17.1 Å². The number of amides is 2. The van der Waals surface area contributed by atoms with Crippen LogP contribution in [-0.4, -0.2) is 15.7 Å². The average Bonchev–Trinajstić information content (AvgIpc) is 3.18. The van der Waals surface area contributed by atoms with E-state index in [1.54, 1.807) is 35.0 Å². The van der Waals surface area contributed by atoms with Crippen molar-refractivity contribution in [3.8, 4) is 0 Å². The predicted molar refractivity (Wildman–Crippen MR) is 107 cm³/mol. The molecule has 1 saturated heterocycles. The molecule has 1 N–H and O–H groups in total. The molecule has 0 radical (unpaired) electrons. The van der Waals surface area contributed by atoms with Gasteiger partial charge in [0.1, 0.15) is 0 Å². The smallest absolute Gasteiger partial charge is 0.343 e. The monoisotopic (exact) mass is 436 g/mol. The minimum absolute atomic E-state index is 0.0305. The number of aromatic nitrogens is 1. The summed E-state index contributed by atoms with van der Waals surface area (Å²) in [5, 5.41) is 2.60. The van der Waals surface area contributed by atoms with Crippen LogP contribution < -0.4 is 5.32 Å². The lowest BCUT2D eigenvalue weighted by molar-refractivity contribution is -0.138. The number of carbonyl (C=O) groups is 2. The molecule has 9 heteroatoms. The van der Waals surface area contributed by atoms with Crippen LogP contribution in [0.4, 0.5) is 18.0 Å². The summed E-state index contributed by atoms with van der Waals surface area (Å²) in [6.07, 6.45) is -1.20. The zero-order valence-corrected chi connectivity index (χ0v) is 16.2. The maximum absolute atomic E-state index is 13.3. The number of hydrogen-bond acceptors (Lipinski definition) is 3. The second kappa shape index (κ2) is 7.27. The number of nitrogens with zero attached hydrogens (tertiary/aromatic N) is 1. The molecule has 1 aromatic heterocycles. The molecule has 0 bridgehead atoms. The Kier molecular flexibility index (Phi) is 4.92. The summed E-state index contributed by atoms with van der Waals surface area (Å²) in [6, 6.07) is 10.9. The maximum atomic E-state index is 13.3. The van der Waals surface area contributed by atoms with Crippen molar-refractivity contribution in [3.63, 3.8) is 0 Å². The molecule has 148 valence electrons. The molecular formula is C20H12ClF3N2O2S. The molecule has 0 atom stereocenters. The van der Waals surface area contributed by atoms with Crippen molar-refractivity contribution >= 4 is 51.5 Å². The summed E-state index contributed by atoms with van der Waals surface area (Å²) in [4.78, 5) is 23.2. The van der Waals surface area contributed by atoms with Crippen molar-refractivity contribution in [1.82, 2.24) is 9.88 Å². The molecule has 2 aromatic carbocycles. The minimum atomic E-state index is -4.50. The van der Waals surface area contributed by atoms with Gasteiger partial charge in [-0.25, -0.2) is 0 Å². The number of benzene rings is 2. The maximum Gasteiger partial charge on any atom is 0.416 e. The first-order valence-electron chi connectivity index (χ1n) is 8.40. The molecule has 0 spiro atoms. The molecule has 0 saturated carbocycles. The molecule has 1 aliphatic heterocycles. The zero-order chi connectivity index (χ0) is 20.8. The number of hydrogen-bond donors (Lipinski definition) is 1. The highest BCUT2D eigenvalue weighted by atomic mass is 35.5. The number of thioether (sulfide) groups is 1. The van der Waals surface area contributed by atoms with Crippen molar-refractivity contribution in [2.45, 2.75) is 12.7 Å². The van der Waals surface area contributed by atoms with Crippen LogP contribution >= 0.6 is 23.4 Å². The number of carbonyl (C=O) groups excluding carboxylic acids is 2. The van der Waals surface area contributed by atoms with Gasteiger partial charge < -0.3 is 4.57 Å². The van der Waals surface area contributed by atoms with E-state index in [1.807, 2.05) is 6.07 Å². The number of fused-ring (bicyclic) bond motifs is 1. The third kappa shape index (κ3) is 4.04. The van der Waals surface area contributed by atoms with Gasteiger partial charge in [-0.05, 0) is 59.3 Å². The van der Waals surface area contributed by atoms with Gasteiger partial charge in [-0.15, -0.1) is 0 Å². The topological polar surface area (TPSA) is 51.1 Å². The standard InChI is InChI=1S/C20H12ClF3N2O2S/c21-14-3-2-13(15(9-14)20(22,23)24)10-26-6-5-12-7-11(1-4-16(12)26)8-17-18(27)25-19(28)29-17/h1-9H,10H2,(H,25,27,28)/b17-8-. The van der Waals surface area contributed by atoms with Crippen LogP contribution in [0.2, 0.25) is 5.02 Å². The van der Waals surface area contributed by atoms with E-state index in [9.17, 15) is 22.8 Å². The lowest BCUT2D eigenvalue weighted by Crippen LogP contribution is -2.17. The van der Waals surface area contributed by atoms with E-state index in [0.717, 1.165) is 28.7 Å². The van der Waals surface area contributed by atoms with Crippen LogP contribution in [0.1, 0.15) is 16.7 Å². The average molecular weight is 437 g/mol. The van der Waals surface area contributed by atoms with Crippen molar-refractivity contribution in [1.29, 1.82) is 0 Å².